The monoisotopic (exact) mass is 337 g/mol. The Morgan fingerprint density at radius 2 is 2.04 bits per heavy atom. The van der Waals surface area contributed by atoms with Gasteiger partial charge in [-0.25, -0.2) is 4.98 Å². The minimum atomic E-state index is -0.1000. The van der Waals surface area contributed by atoms with Crippen LogP contribution in [0.3, 0.4) is 0 Å². The van der Waals surface area contributed by atoms with E-state index in [9.17, 15) is 4.79 Å². The standard InChI is InChI=1S/C20H23N3O2/c1-3-13-23-18-10-5-4-9-17(18)22-19(23)11-12-21-20(24)15-7-6-8-16(14-15)25-2/h4-10,14H,3,11-13H2,1-2H3,(H,21,24). The Kier molecular flexibility index (Phi) is 5.33. The van der Waals surface area contributed by atoms with Crippen LogP contribution in [0.15, 0.2) is 48.5 Å². The molecule has 0 bridgehead atoms. The average molecular weight is 337 g/mol. The van der Waals surface area contributed by atoms with Crippen LogP contribution in [0.1, 0.15) is 29.5 Å². The Morgan fingerprint density at radius 1 is 1.20 bits per heavy atom. The number of methoxy groups -OCH3 is 1. The molecule has 1 heterocycles. The smallest absolute Gasteiger partial charge is 0.251 e. The van der Waals surface area contributed by atoms with Gasteiger partial charge in [0.05, 0.1) is 18.1 Å². The molecule has 0 aliphatic carbocycles. The van der Waals surface area contributed by atoms with Crippen LogP contribution in [0.25, 0.3) is 11.0 Å². The van der Waals surface area contributed by atoms with Crippen LogP contribution in [-0.4, -0.2) is 29.1 Å². The van der Waals surface area contributed by atoms with E-state index >= 15 is 0 Å². The van der Waals surface area contributed by atoms with Gasteiger partial charge < -0.3 is 14.6 Å². The number of benzene rings is 2. The lowest BCUT2D eigenvalue weighted by Gasteiger charge is -2.09. The van der Waals surface area contributed by atoms with Gasteiger partial charge in [-0.15, -0.1) is 0 Å². The number of amides is 1. The van der Waals surface area contributed by atoms with Crippen LogP contribution in [0.2, 0.25) is 0 Å². The first-order chi connectivity index (χ1) is 12.2. The Hall–Kier alpha value is -2.82. The van der Waals surface area contributed by atoms with Gasteiger partial charge in [0.15, 0.2) is 0 Å². The molecular weight excluding hydrogens is 314 g/mol. The molecule has 0 radical (unpaired) electrons. The van der Waals surface area contributed by atoms with Crippen molar-refractivity contribution in [1.82, 2.24) is 14.9 Å². The summed E-state index contributed by atoms with van der Waals surface area (Å²) in [6.45, 7) is 3.63. The third-order valence-electron chi connectivity index (χ3n) is 4.15. The van der Waals surface area contributed by atoms with Crippen molar-refractivity contribution in [1.29, 1.82) is 0 Å². The zero-order valence-electron chi connectivity index (χ0n) is 14.7. The Labute approximate surface area is 147 Å². The fraction of sp³-hybridized carbons (Fsp3) is 0.300. The molecule has 5 heteroatoms. The molecule has 1 amide bonds. The van der Waals surface area contributed by atoms with Gasteiger partial charge in [0.2, 0.25) is 0 Å². The van der Waals surface area contributed by atoms with E-state index in [0.29, 0.717) is 24.3 Å². The second-order valence-corrected chi connectivity index (χ2v) is 5.91. The van der Waals surface area contributed by atoms with E-state index < -0.39 is 0 Å². The molecule has 1 aromatic heterocycles. The third-order valence-corrected chi connectivity index (χ3v) is 4.15. The minimum Gasteiger partial charge on any atom is -0.497 e. The van der Waals surface area contributed by atoms with Crippen LogP contribution in [0.4, 0.5) is 0 Å². The van der Waals surface area contributed by atoms with Crippen LogP contribution >= 0.6 is 0 Å². The zero-order chi connectivity index (χ0) is 17.6. The van der Waals surface area contributed by atoms with Gasteiger partial charge in [0.1, 0.15) is 11.6 Å². The number of carbonyl (C=O) groups is 1. The number of hydrogen-bond acceptors (Lipinski definition) is 3. The summed E-state index contributed by atoms with van der Waals surface area (Å²) < 4.78 is 7.40. The van der Waals surface area contributed by atoms with Crippen molar-refractivity contribution < 1.29 is 9.53 Å². The lowest BCUT2D eigenvalue weighted by molar-refractivity contribution is 0.0953. The molecule has 5 nitrogen and oxygen atoms in total. The first-order valence-electron chi connectivity index (χ1n) is 8.59. The molecule has 0 saturated heterocycles. The van der Waals surface area contributed by atoms with Gasteiger partial charge in [-0.3, -0.25) is 4.79 Å². The highest BCUT2D eigenvalue weighted by Gasteiger charge is 2.11. The van der Waals surface area contributed by atoms with Gasteiger partial charge in [0, 0.05) is 25.1 Å². The molecule has 0 aliphatic heterocycles. The van der Waals surface area contributed by atoms with E-state index in [1.165, 1.54) is 0 Å². The predicted molar refractivity (Wildman–Crippen MR) is 99.1 cm³/mol. The van der Waals surface area contributed by atoms with Crippen molar-refractivity contribution in [3.05, 3.63) is 59.9 Å². The normalized spacial score (nSPS) is 10.8. The number of para-hydroxylation sites is 2. The topological polar surface area (TPSA) is 56.2 Å². The summed E-state index contributed by atoms with van der Waals surface area (Å²) in [7, 11) is 1.59. The molecule has 3 aromatic rings. The number of nitrogens with one attached hydrogen (secondary N) is 1. The first kappa shape index (κ1) is 17.0. The second kappa shape index (κ2) is 7.83. The van der Waals surface area contributed by atoms with Gasteiger partial charge in [0.25, 0.3) is 5.91 Å². The highest BCUT2D eigenvalue weighted by Crippen LogP contribution is 2.17. The van der Waals surface area contributed by atoms with Crippen molar-refractivity contribution in [3.8, 4) is 5.75 Å². The fourth-order valence-corrected chi connectivity index (χ4v) is 2.94. The van der Waals surface area contributed by atoms with Crippen LogP contribution in [0, 0.1) is 0 Å². The average Bonchev–Trinajstić information content (AvgIpc) is 3.00. The number of nitrogens with zero attached hydrogens (tertiary/aromatic N) is 2. The Balaban J connectivity index is 1.68. The number of aromatic nitrogens is 2. The number of aryl methyl sites for hydroxylation is 1. The molecule has 0 atom stereocenters. The summed E-state index contributed by atoms with van der Waals surface area (Å²) in [4.78, 5) is 17.0. The lowest BCUT2D eigenvalue weighted by Crippen LogP contribution is -2.26. The first-order valence-corrected chi connectivity index (χ1v) is 8.59. The maximum absolute atomic E-state index is 12.3. The summed E-state index contributed by atoms with van der Waals surface area (Å²) in [5.41, 5.74) is 2.75. The predicted octanol–water partition coefficient (Wildman–Crippen LogP) is 3.43. The molecule has 0 fully saturated rings. The summed E-state index contributed by atoms with van der Waals surface area (Å²) in [5, 5.41) is 2.96. The number of carbonyl (C=O) groups excluding carboxylic acids is 1. The van der Waals surface area contributed by atoms with Gasteiger partial charge in [-0.2, -0.15) is 0 Å². The van der Waals surface area contributed by atoms with E-state index in [0.717, 1.165) is 29.8 Å². The van der Waals surface area contributed by atoms with E-state index in [4.69, 9.17) is 9.72 Å². The molecule has 130 valence electrons. The largest absolute Gasteiger partial charge is 0.497 e. The number of imidazole rings is 1. The molecule has 0 spiro atoms. The number of fused-ring (bicyclic) bond motifs is 1. The molecule has 3 rings (SSSR count). The third kappa shape index (κ3) is 3.82. The maximum atomic E-state index is 12.3. The van der Waals surface area contributed by atoms with Crippen LogP contribution in [0.5, 0.6) is 5.75 Å². The van der Waals surface area contributed by atoms with Gasteiger partial charge >= 0.3 is 0 Å². The SMILES string of the molecule is CCCn1c(CCNC(=O)c2cccc(OC)c2)nc2ccccc21. The molecule has 0 saturated carbocycles. The highest BCUT2D eigenvalue weighted by molar-refractivity contribution is 5.94. The van der Waals surface area contributed by atoms with Crippen molar-refractivity contribution in [2.75, 3.05) is 13.7 Å². The van der Waals surface area contributed by atoms with Crippen molar-refractivity contribution in [2.24, 2.45) is 0 Å². The lowest BCUT2D eigenvalue weighted by atomic mass is 10.2. The maximum Gasteiger partial charge on any atom is 0.251 e. The van der Waals surface area contributed by atoms with Gasteiger partial charge in [-0.1, -0.05) is 25.1 Å². The summed E-state index contributed by atoms with van der Waals surface area (Å²) >= 11 is 0. The van der Waals surface area contributed by atoms with E-state index in [2.05, 4.69) is 22.9 Å². The Bertz CT molecular complexity index is 870. The number of hydrogen-bond donors (Lipinski definition) is 1. The Morgan fingerprint density at radius 3 is 2.84 bits per heavy atom. The van der Waals surface area contributed by atoms with Gasteiger partial charge in [-0.05, 0) is 36.8 Å². The van der Waals surface area contributed by atoms with Crippen LogP contribution < -0.4 is 10.1 Å². The van der Waals surface area contributed by atoms with Crippen molar-refractivity contribution in [2.45, 2.75) is 26.3 Å². The fourth-order valence-electron chi connectivity index (χ4n) is 2.94. The molecule has 1 N–H and O–H groups in total. The zero-order valence-corrected chi connectivity index (χ0v) is 14.7. The highest BCUT2D eigenvalue weighted by atomic mass is 16.5. The quantitative estimate of drug-likeness (QED) is 0.719. The van der Waals surface area contributed by atoms with E-state index in [1.54, 1.807) is 19.2 Å². The summed E-state index contributed by atoms with van der Waals surface area (Å²) in [6, 6.07) is 15.3. The molecule has 25 heavy (non-hydrogen) atoms. The summed E-state index contributed by atoms with van der Waals surface area (Å²) in [6.07, 6.45) is 1.74. The number of ether oxygens (including phenoxy) is 1. The molecule has 0 aliphatic rings. The summed E-state index contributed by atoms with van der Waals surface area (Å²) in [5.74, 6) is 1.59. The minimum absolute atomic E-state index is 0.1000. The van der Waals surface area contributed by atoms with E-state index in [-0.39, 0.29) is 5.91 Å². The van der Waals surface area contributed by atoms with Crippen molar-refractivity contribution in [3.63, 3.8) is 0 Å². The number of rotatable bonds is 7. The molecule has 0 unspecified atom stereocenters. The van der Waals surface area contributed by atoms with E-state index in [1.807, 2.05) is 30.3 Å². The van der Waals surface area contributed by atoms with Crippen molar-refractivity contribution >= 4 is 16.9 Å². The van der Waals surface area contributed by atoms with Crippen LogP contribution in [-0.2, 0) is 13.0 Å². The molecule has 2 aromatic carbocycles. The molecular formula is C20H23N3O2. The second-order valence-electron chi connectivity index (χ2n) is 5.91.